The van der Waals surface area contributed by atoms with Crippen molar-refractivity contribution in [3.05, 3.63) is 6.73 Å². The molecule has 0 fully saturated rings. The summed E-state index contributed by atoms with van der Waals surface area (Å²) in [5.41, 5.74) is 0. The quantitative estimate of drug-likeness (QED) is 0.492. The molecular weight excluding hydrogens is 106 g/mol. The molecule has 0 bridgehead atoms. The SMILES string of the molecule is CCN(C)[CH]OC=O. The Morgan fingerprint density at radius 2 is 2.38 bits per heavy atom. The molecular formula is C5H10NO2. The van der Waals surface area contributed by atoms with E-state index in [0.29, 0.717) is 6.47 Å². The zero-order chi connectivity index (χ0) is 6.41. The van der Waals surface area contributed by atoms with Crippen LogP contribution in [0.25, 0.3) is 0 Å². The summed E-state index contributed by atoms with van der Waals surface area (Å²) in [5, 5.41) is 0. The second-order valence-electron chi connectivity index (χ2n) is 1.41. The van der Waals surface area contributed by atoms with E-state index in [0.717, 1.165) is 6.54 Å². The third-order valence-electron chi connectivity index (χ3n) is 0.795. The largest absolute Gasteiger partial charge is 0.443 e. The molecule has 0 aliphatic rings. The van der Waals surface area contributed by atoms with Crippen LogP contribution in [-0.4, -0.2) is 25.0 Å². The smallest absolute Gasteiger partial charge is 0.294 e. The Kier molecular flexibility index (Phi) is 4.26. The molecule has 8 heavy (non-hydrogen) atoms. The number of carbonyl (C=O) groups excluding carboxylic acids is 1. The van der Waals surface area contributed by atoms with Crippen molar-refractivity contribution < 1.29 is 9.53 Å². The molecule has 0 N–H and O–H groups in total. The van der Waals surface area contributed by atoms with E-state index >= 15 is 0 Å². The highest BCUT2D eigenvalue weighted by Gasteiger charge is 1.91. The number of ether oxygens (including phenoxy) is 1. The fraction of sp³-hybridized carbons (Fsp3) is 0.600. The van der Waals surface area contributed by atoms with Crippen molar-refractivity contribution >= 4 is 6.47 Å². The molecule has 47 valence electrons. The van der Waals surface area contributed by atoms with Gasteiger partial charge in [-0.2, -0.15) is 0 Å². The highest BCUT2D eigenvalue weighted by atomic mass is 16.5. The molecule has 3 nitrogen and oxygen atoms in total. The summed E-state index contributed by atoms with van der Waals surface area (Å²) in [7, 11) is 1.82. The molecule has 0 aromatic rings. The van der Waals surface area contributed by atoms with E-state index < -0.39 is 0 Å². The average molecular weight is 116 g/mol. The van der Waals surface area contributed by atoms with Crippen molar-refractivity contribution in [3.63, 3.8) is 0 Å². The van der Waals surface area contributed by atoms with Crippen LogP contribution in [0.2, 0.25) is 0 Å². The van der Waals surface area contributed by atoms with Gasteiger partial charge in [0, 0.05) is 0 Å². The van der Waals surface area contributed by atoms with Crippen LogP contribution >= 0.6 is 0 Å². The third kappa shape index (κ3) is 3.61. The van der Waals surface area contributed by atoms with Gasteiger partial charge in [0.25, 0.3) is 6.47 Å². The first kappa shape index (κ1) is 7.43. The van der Waals surface area contributed by atoms with E-state index in [2.05, 4.69) is 4.74 Å². The number of hydrogen-bond donors (Lipinski definition) is 0. The first-order chi connectivity index (χ1) is 3.81. The van der Waals surface area contributed by atoms with Crippen molar-refractivity contribution in [3.8, 4) is 0 Å². The lowest BCUT2D eigenvalue weighted by Crippen LogP contribution is -2.15. The molecule has 1 radical (unpaired) electrons. The van der Waals surface area contributed by atoms with Gasteiger partial charge < -0.3 is 4.74 Å². The second-order valence-corrected chi connectivity index (χ2v) is 1.41. The molecule has 0 saturated carbocycles. The zero-order valence-corrected chi connectivity index (χ0v) is 5.13. The zero-order valence-electron chi connectivity index (χ0n) is 5.13. The number of nitrogens with zero attached hydrogens (tertiary/aromatic N) is 1. The lowest BCUT2D eigenvalue weighted by Gasteiger charge is -2.08. The summed E-state index contributed by atoms with van der Waals surface area (Å²) < 4.78 is 4.31. The molecule has 0 atom stereocenters. The fourth-order valence-corrected chi connectivity index (χ4v) is 0.203. The molecule has 0 aromatic heterocycles. The van der Waals surface area contributed by atoms with Crippen LogP contribution in [0.1, 0.15) is 6.92 Å². The molecule has 0 heterocycles. The summed E-state index contributed by atoms with van der Waals surface area (Å²) in [4.78, 5) is 11.3. The number of rotatable bonds is 4. The maximum absolute atomic E-state index is 9.55. The van der Waals surface area contributed by atoms with Gasteiger partial charge in [-0.15, -0.1) is 0 Å². The minimum atomic E-state index is 0.395. The van der Waals surface area contributed by atoms with Crippen LogP contribution < -0.4 is 0 Å². The monoisotopic (exact) mass is 116 g/mol. The molecule has 0 saturated heterocycles. The average Bonchev–Trinajstić information content (AvgIpc) is 1.83. The van der Waals surface area contributed by atoms with Crippen molar-refractivity contribution in [2.24, 2.45) is 0 Å². The van der Waals surface area contributed by atoms with Crippen LogP contribution in [0.5, 0.6) is 0 Å². The predicted octanol–water partition coefficient (Wildman–Crippen LogP) is 0.230. The Balaban J connectivity index is 2.97. The van der Waals surface area contributed by atoms with Crippen molar-refractivity contribution in [1.29, 1.82) is 0 Å². The van der Waals surface area contributed by atoms with Crippen molar-refractivity contribution in [1.82, 2.24) is 4.90 Å². The van der Waals surface area contributed by atoms with Crippen molar-refractivity contribution in [2.75, 3.05) is 13.6 Å². The Hall–Kier alpha value is -0.570. The molecule has 0 amide bonds. The van der Waals surface area contributed by atoms with Gasteiger partial charge in [0.15, 0.2) is 0 Å². The van der Waals surface area contributed by atoms with E-state index in [1.807, 2.05) is 14.0 Å². The molecule has 3 heteroatoms. The Morgan fingerprint density at radius 3 is 2.75 bits per heavy atom. The van der Waals surface area contributed by atoms with Gasteiger partial charge in [-0.1, -0.05) is 6.92 Å². The van der Waals surface area contributed by atoms with Gasteiger partial charge in [-0.25, -0.2) is 0 Å². The molecule has 0 spiro atoms. The predicted molar refractivity (Wildman–Crippen MR) is 29.8 cm³/mol. The number of hydrogen-bond acceptors (Lipinski definition) is 3. The lowest BCUT2D eigenvalue weighted by atomic mass is 10.7. The van der Waals surface area contributed by atoms with E-state index in [4.69, 9.17) is 0 Å². The van der Waals surface area contributed by atoms with E-state index in [1.54, 1.807) is 4.90 Å². The van der Waals surface area contributed by atoms with Crippen LogP contribution in [-0.2, 0) is 9.53 Å². The summed E-state index contributed by atoms with van der Waals surface area (Å²) in [6.07, 6.45) is 0. The summed E-state index contributed by atoms with van der Waals surface area (Å²) in [5.74, 6) is 0. The maximum atomic E-state index is 9.55. The first-order valence-corrected chi connectivity index (χ1v) is 2.44. The topological polar surface area (TPSA) is 29.5 Å². The van der Waals surface area contributed by atoms with E-state index in [-0.39, 0.29) is 0 Å². The van der Waals surface area contributed by atoms with Gasteiger partial charge in [0.2, 0.25) is 6.73 Å². The highest BCUT2D eigenvalue weighted by Crippen LogP contribution is 1.84. The van der Waals surface area contributed by atoms with Gasteiger partial charge in [-0.3, -0.25) is 9.69 Å². The molecule has 0 rings (SSSR count). The van der Waals surface area contributed by atoms with Gasteiger partial charge in [0.05, 0.1) is 0 Å². The first-order valence-electron chi connectivity index (χ1n) is 2.44. The Bertz CT molecular complexity index is 65.4. The normalized spacial score (nSPS) is 9.38. The summed E-state index contributed by atoms with van der Waals surface area (Å²) in [6, 6.07) is 0. The van der Waals surface area contributed by atoms with E-state index in [9.17, 15) is 4.79 Å². The standard InChI is InChI=1S/C5H10NO2/c1-3-6(2)4-8-5-7/h4-5H,3H2,1-2H3. The van der Waals surface area contributed by atoms with Gasteiger partial charge in [-0.05, 0) is 13.6 Å². The number of carbonyl (C=O) groups is 1. The van der Waals surface area contributed by atoms with Crippen molar-refractivity contribution in [2.45, 2.75) is 6.92 Å². The fourth-order valence-electron chi connectivity index (χ4n) is 0.203. The maximum Gasteiger partial charge on any atom is 0.294 e. The summed E-state index contributed by atoms with van der Waals surface area (Å²) >= 11 is 0. The molecule has 0 aliphatic carbocycles. The van der Waals surface area contributed by atoms with Gasteiger partial charge in [0.1, 0.15) is 0 Å². The molecule has 0 unspecified atom stereocenters. The third-order valence-corrected chi connectivity index (χ3v) is 0.795. The second kappa shape index (κ2) is 4.59. The van der Waals surface area contributed by atoms with Crippen LogP contribution in [0.15, 0.2) is 0 Å². The molecule has 0 aliphatic heterocycles. The van der Waals surface area contributed by atoms with E-state index in [1.165, 1.54) is 6.73 Å². The van der Waals surface area contributed by atoms with Crippen LogP contribution in [0, 0.1) is 6.73 Å². The Morgan fingerprint density at radius 1 is 1.75 bits per heavy atom. The van der Waals surface area contributed by atoms with Crippen LogP contribution in [0.3, 0.4) is 0 Å². The minimum absolute atomic E-state index is 0.395. The van der Waals surface area contributed by atoms with Crippen LogP contribution in [0.4, 0.5) is 0 Å². The highest BCUT2D eigenvalue weighted by molar-refractivity contribution is 5.37. The van der Waals surface area contributed by atoms with Gasteiger partial charge >= 0.3 is 0 Å². The Labute approximate surface area is 49.2 Å². The minimum Gasteiger partial charge on any atom is -0.443 e. The summed E-state index contributed by atoms with van der Waals surface area (Å²) in [6.45, 7) is 4.57. The lowest BCUT2D eigenvalue weighted by molar-refractivity contribution is -0.127. The molecule has 0 aromatic carbocycles.